The molecule has 1 aromatic heterocycles. The van der Waals surface area contributed by atoms with Crippen molar-refractivity contribution in [3.05, 3.63) is 54.2 Å². The lowest BCUT2D eigenvalue weighted by Crippen LogP contribution is -2.30. The minimum Gasteiger partial charge on any atom is -0.512 e. The highest BCUT2D eigenvalue weighted by atomic mass is 16.3. The molecule has 0 unspecified atom stereocenters. The van der Waals surface area contributed by atoms with Crippen LogP contribution in [0.4, 0.5) is 0 Å². The van der Waals surface area contributed by atoms with Crippen molar-refractivity contribution in [2.75, 3.05) is 6.54 Å². The minimum absolute atomic E-state index is 0.122. The van der Waals surface area contributed by atoms with Crippen LogP contribution in [-0.4, -0.2) is 22.8 Å². The quantitative estimate of drug-likeness (QED) is 0.460. The van der Waals surface area contributed by atoms with Crippen LogP contribution in [0, 0.1) is 17.7 Å². The number of aliphatic hydroxyl groups is 1. The van der Waals surface area contributed by atoms with E-state index in [1.165, 1.54) is 12.4 Å². The molecule has 0 bridgehead atoms. The van der Waals surface area contributed by atoms with E-state index in [0.29, 0.717) is 17.8 Å². The molecule has 1 rings (SSSR count). The maximum Gasteiger partial charge on any atom is 0.0924 e. The van der Waals surface area contributed by atoms with Gasteiger partial charge in [0, 0.05) is 41.7 Å². The lowest BCUT2D eigenvalue weighted by molar-refractivity contribution is 0.259. The number of nitrogens with two attached hydrogens (primary N) is 1. The van der Waals surface area contributed by atoms with Crippen molar-refractivity contribution in [2.45, 2.75) is 20.8 Å². The predicted molar refractivity (Wildman–Crippen MR) is 92.5 cm³/mol. The SMILES string of the molecule is C=C(NCC(C)(C)C(=C)O)c1ncc(/C(C=N)=C/N)cc1C. The zero-order valence-corrected chi connectivity index (χ0v) is 13.4. The molecule has 0 aromatic carbocycles. The molecular formula is C17H24N4O. The maximum absolute atomic E-state index is 9.55. The number of aromatic nitrogens is 1. The second-order valence-electron chi connectivity index (χ2n) is 5.82. The summed E-state index contributed by atoms with van der Waals surface area (Å²) in [6, 6.07) is 1.91. The molecule has 0 aliphatic carbocycles. The molecule has 0 radical (unpaired) electrons. The fourth-order valence-corrected chi connectivity index (χ4v) is 1.79. The van der Waals surface area contributed by atoms with Gasteiger partial charge in [-0.05, 0) is 18.6 Å². The van der Waals surface area contributed by atoms with E-state index in [0.717, 1.165) is 16.8 Å². The van der Waals surface area contributed by atoms with Gasteiger partial charge in [0.1, 0.15) is 0 Å². The van der Waals surface area contributed by atoms with E-state index < -0.39 is 5.41 Å². The number of hydrogen-bond donors (Lipinski definition) is 4. The van der Waals surface area contributed by atoms with Gasteiger partial charge in [-0.2, -0.15) is 0 Å². The van der Waals surface area contributed by atoms with E-state index in [9.17, 15) is 5.11 Å². The fraction of sp³-hybridized carbons (Fsp3) is 0.294. The largest absolute Gasteiger partial charge is 0.512 e. The lowest BCUT2D eigenvalue weighted by atomic mass is 9.91. The highest BCUT2D eigenvalue weighted by Gasteiger charge is 2.21. The van der Waals surface area contributed by atoms with E-state index in [-0.39, 0.29) is 5.76 Å². The first-order valence-electron chi connectivity index (χ1n) is 6.94. The summed E-state index contributed by atoms with van der Waals surface area (Å²) in [6.45, 7) is 13.8. The fourth-order valence-electron chi connectivity index (χ4n) is 1.79. The van der Waals surface area contributed by atoms with Crippen LogP contribution in [0.1, 0.15) is 30.7 Å². The average Bonchev–Trinajstić information content (AvgIpc) is 2.46. The Labute approximate surface area is 131 Å². The average molecular weight is 300 g/mol. The molecule has 5 heteroatoms. The highest BCUT2D eigenvalue weighted by molar-refractivity contribution is 6.08. The van der Waals surface area contributed by atoms with Crippen molar-refractivity contribution in [2.24, 2.45) is 11.1 Å². The van der Waals surface area contributed by atoms with Gasteiger partial charge in [0.2, 0.25) is 0 Å². The van der Waals surface area contributed by atoms with Crippen molar-refractivity contribution in [1.29, 1.82) is 5.41 Å². The number of nitrogens with one attached hydrogen (secondary N) is 2. The molecular weight excluding hydrogens is 276 g/mol. The number of aryl methyl sites for hydroxylation is 1. The van der Waals surface area contributed by atoms with E-state index in [1.807, 2.05) is 26.8 Å². The maximum atomic E-state index is 9.55. The number of rotatable bonds is 7. The van der Waals surface area contributed by atoms with Crippen LogP contribution >= 0.6 is 0 Å². The van der Waals surface area contributed by atoms with Gasteiger partial charge < -0.3 is 21.6 Å². The van der Waals surface area contributed by atoms with Gasteiger partial charge in [-0.1, -0.05) is 27.0 Å². The Kier molecular flexibility index (Phi) is 5.51. The van der Waals surface area contributed by atoms with Gasteiger partial charge in [-0.25, -0.2) is 0 Å². The van der Waals surface area contributed by atoms with Gasteiger partial charge in [0.25, 0.3) is 0 Å². The van der Waals surface area contributed by atoms with Crippen molar-refractivity contribution in [3.63, 3.8) is 0 Å². The molecule has 1 aromatic rings. The predicted octanol–water partition coefficient (Wildman–Crippen LogP) is 3.00. The Morgan fingerprint density at radius 1 is 1.50 bits per heavy atom. The molecule has 22 heavy (non-hydrogen) atoms. The molecule has 0 amide bonds. The Morgan fingerprint density at radius 2 is 2.14 bits per heavy atom. The van der Waals surface area contributed by atoms with Gasteiger partial charge in [0.15, 0.2) is 0 Å². The van der Waals surface area contributed by atoms with Gasteiger partial charge in [-0.3, -0.25) is 4.98 Å². The van der Waals surface area contributed by atoms with Crippen LogP contribution in [-0.2, 0) is 0 Å². The van der Waals surface area contributed by atoms with Crippen LogP contribution in [0.15, 0.2) is 37.4 Å². The summed E-state index contributed by atoms with van der Waals surface area (Å²) < 4.78 is 0. The monoisotopic (exact) mass is 300 g/mol. The first kappa shape index (κ1) is 17.5. The summed E-state index contributed by atoms with van der Waals surface area (Å²) in [5.74, 6) is 0.122. The van der Waals surface area contributed by atoms with Crippen molar-refractivity contribution in [3.8, 4) is 0 Å². The summed E-state index contributed by atoms with van der Waals surface area (Å²) in [5.41, 5.74) is 8.77. The van der Waals surface area contributed by atoms with E-state index in [1.54, 1.807) is 6.20 Å². The Balaban J connectivity index is 2.92. The molecule has 0 saturated carbocycles. The third-order valence-electron chi connectivity index (χ3n) is 3.56. The van der Waals surface area contributed by atoms with Crippen molar-refractivity contribution < 1.29 is 5.11 Å². The third-order valence-corrected chi connectivity index (χ3v) is 3.56. The molecule has 5 nitrogen and oxygen atoms in total. The molecule has 0 aliphatic heterocycles. The number of aliphatic hydroxyl groups excluding tert-OH is 1. The number of nitrogens with zero attached hydrogens (tertiary/aromatic N) is 1. The Bertz CT molecular complexity index is 630. The van der Waals surface area contributed by atoms with Crippen LogP contribution in [0.3, 0.4) is 0 Å². The van der Waals surface area contributed by atoms with Crippen molar-refractivity contribution >= 4 is 17.5 Å². The second kappa shape index (κ2) is 6.93. The van der Waals surface area contributed by atoms with E-state index in [4.69, 9.17) is 11.1 Å². The van der Waals surface area contributed by atoms with Gasteiger partial charge in [0.05, 0.1) is 17.2 Å². The van der Waals surface area contributed by atoms with Crippen LogP contribution in [0.5, 0.6) is 0 Å². The van der Waals surface area contributed by atoms with Crippen LogP contribution in [0.25, 0.3) is 11.3 Å². The van der Waals surface area contributed by atoms with Crippen LogP contribution < -0.4 is 11.1 Å². The lowest BCUT2D eigenvalue weighted by Gasteiger charge is -2.25. The number of allylic oxidation sites excluding steroid dienone is 1. The molecule has 1 heterocycles. The molecule has 0 aliphatic rings. The molecule has 0 atom stereocenters. The molecule has 0 saturated heterocycles. The normalized spacial score (nSPS) is 11.9. The van der Waals surface area contributed by atoms with Gasteiger partial charge in [-0.15, -0.1) is 0 Å². The summed E-state index contributed by atoms with van der Waals surface area (Å²) in [6.07, 6.45) is 4.24. The third kappa shape index (κ3) is 3.97. The van der Waals surface area contributed by atoms with E-state index in [2.05, 4.69) is 23.5 Å². The minimum atomic E-state index is -0.452. The molecule has 0 fully saturated rings. The van der Waals surface area contributed by atoms with Crippen molar-refractivity contribution in [1.82, 2.24) is 10.3 Å². The number of pyridine rings is 1. The molecule has 5 N–H and O–H groups in total. The topological polar surface area (TPSA) is 95.0 Å². The molecule has 118 valence electrons. The summed E-state index contributed by atoms with van der Waals surface area (Å²) in [5, 5.41) is 20.0. The second-order valence-corrected chi connectivity index (χ2v) is 5.82. The molecule has 0 spiro atoms. The zero-order valence-electron chi connectivity index (χ0n) is 13.4. The summed E-state index contributed by atoms with van der Waals surface area (Å²) in [4.78, 5) is 4.39. The first-order chi connectivity index (χ1) is 10.2. The highest BCUT2D eigenvalue weighted by Crippen LogP contribution is 2.23. The van der Waals surface area contributed by atoms with Crippen LogP contribution in [0.2, 0.25) is 0 Å². The van der Waals surface area contributed by atoms with Gasteiger partial charge >= 0.3 is 0 Å². The Hall–Kier alpha value is -2.56. The standard InChI is InChI=1S/C17H24N4O/c1-11-6-14(15(7-18)8-19)9-20-16(11)12(2)21-10-17(4,5)13(3)22/h6-9,18,21-22H,2-3,10,19H2,1,4-5H3/b15-8+,18-7?. The first-order valence-corrected chi connectivity index (χ1v) is 6.94. The Morgan fingerprint density at radius 3 is 2.59 bits per heavy atom. The number of hydrogen-bond acceptors (Lipinski definition) is 5. The summed E-state index contributed by atoms with van der Waals surface area (Å²) >= 11 is 0. The van der Waals surface area contributed by atoms with E-state index >= 15 is 0 Å². The summed E-state index contributed by atoms with van der Waals surface area (Å²) in [7, 11) is 0. The zero-order chi connectivity index (χ0) is 16.9. The smallest absolute Gasteiger partial charge is 0.0924 e.